The van der Waals surface area contributed by atoms with Gasteiger partial charge in [-0.15, -0.1) is 0 Å². The molecular weight excluding hydrogens is 342 g/mol. The predicted molar refractivity (Wildman–Crippen MR) is 101 cm³/mol. The Balaban J connectivity index is 1.57. The van der Waals surface area contributed by atoms with Crippen LogP contribution in [-0.2, 0) is 9.53 Å². The van der Waals surface area contributed by atoms with Gasteiger partial charge in [0.15, 0.2) is 11.5 Å². The Morgan fingerprint density at radius 1 is 0.926 bits per heavy atom. The maximum atomic E-state index is 12.6. The summed E-state index contributed by atoms with van der Waals surface area (Å²) in [5.41, 5.74) is 4.66. The normalized spacial score (nSPS) is 19.6. The summed E-state index contributed by atoms with van der Waals surface area (Å²) in [6, 6.07) is 17.9. The highest BCUT2D eigenvalue weighted by Gasteiger charge is 2.38. The van der Waals surface area contributed by atoms with Gasteiger partial charge >= 0.3 is 5.97 Å². The van der Waals surface area contributed by atoms with Gasteiger partial charge in [0, 0.05) is 16.8 Å². The van der Waals surface area contributed by atoms with Crippen LogP contribution in [0, 0.1) is 0 Å². The lowest BCUT2D eigenvalue weighted by Crippen LogP contribution is -2.22. The van der Waals surface area contributed by atoms with Gasteiger partial charge < -0.3 is 19.5 Å². The first-order chi connectivity index (χ1) is 13.3. The number of carbonyl (C=O) groups is 1. The molecule has 0 radical (unpaired) electrons. The van der Waals surface area contributed by atoms with Crippen LogP contribution in [0.2, 0.25) is 0 Å². The minimum Gasteiger partial charge on any atom is -0.457 e. The van der Waals surface area contributed by atoms with Gasteiger partial charge in [-0.3, -0.25) is 0 Å². The number of hydrogen-bond acceptors (Lipinski definition) is 5. The Morgan fingerprint density at radius 2 is 1.81 bits per heavy atom. The van der Waals surface area contributed by atoms with Crippen molar-refractivity contribution in [3.63, 3.8) is 0 Å². The summed E-state index contributed by atoms with van der Waals surface area (Å²) < 4.78 is 16.4. The van der Waals surface area contributed by atoms with E-state index in [1.165, 1.54) is 0 Å². The van der Waals surface area contributed by atoms with E-state index >= 15 is 0 Å². The lowest BCUT2D eigenvalue weighted by Gasteiger charge is -2.28. The number of rotatable bonds is 1. The quantitative estimate of drug-likeness (QED) is 0.666. The molecule has 3 aromatic carbocycles. The molecule has 3 aliphatic heterocycles. The Hall–Kier alpha value is -3.47. The molecule has 3 heterocycles. The average Bonchev–Trinajstić information content (AvgIpc) is 3.33. The molecule has 0 spiro atoms. The van der Waals surface area contributed by atoms with E-state index in [9.17, 15) is 4.79 Å². The Morgan fingerprint density at radius 3 is 2.78 bits per heavy atom. The molecule has 6 rings (SSSR count). The number of fused-ring (bicyclic) bond motifs is 5. The highest BCUT2D eigenvalue weighted by Crippen LogP contribution is 2.47. The van der Waals surface area contributed by atoms with Crippen LogP contribution in [0.25, 0.3) is 16.3 Å². The fourth-order valence-electron chi connectivity index (χ4n) is 4.20. The summed E-state index contributed by atoms with van der Waals surface area (Å²) in [7, 11) is 0. The van der Waals surface area contributed by atoms with Gasteiger partial charge in [0.25, 0.3) is 0 Å². The van der Waals surface area contributed by atoms with Gasteiger partial charge in [0.2, 0.25) is 6.79 Å². The Bertz CT molecular complexity index is 1160. The molecule has 0 saturated carbocycles. The van der Waals surface area contributed by atoms with E-state index in [2.05, 4.69) is 29.6 Å². The standard InChI is InChI=1S/C22H15NO4/c24-22-20-15(10-25-22)19-14-4-2-1-3-12(14)5-7-16(19)23-21(20)13-6-8-17-18(9-13)27-11-26-17/h1-9,21,23H,10-11H2/t21-/m1/s1. The molecule has 0 aliphatic carbocycles. The highest BCUT2D eigenvalue weighted by molar-refractivity contribution is 6.11. The maximum absolute atomic E-state index is 12.6. The number of esters is 1. The summed E-state index contributed by atoms with van der Waals surface area (Å²) in [4.78, 5) is 12.6. The van der Waals surface area contributed by atoms with Crippen LogP contribution in [0.3, 0.4) is 0 Å². The molecule has 1 N–H and O–H groups in total. The summed E-state index contributed by atoms with van der Waals surface area (Å²) in [6.45, 7) is 0.527. The van der Waals surface area contributed by atoms with Crippen LogP contribution in [0.5, 0.6) is 11.5 Å². The fraction of sp³-hybridized carbons (Fsp3) is 0.136. The zero-order valence-electron chi connectivity index (χ0n) is 14.3. The second-order valence-electron chi connectivity index (χ2n) is 6.87. The lowest BCUT2D eigenvalue weighted by molar-refractivity contribution is -0.136. The molecule has 3 aromatic rings. The van der Waals surface area contributed by atoms with E-state index in [4.69, 9.17) is 14.2 Å². The zero-order valence-corrected chi connectivity index (χ0v) is 14.3. The molecule has 0 aromatic heterocycles. The van der Waals surface area contributed by atoms with Crippen molar-refractivity contribution in [3.8, 4) is 11.5 Å². The van der Waals surface area contributed by atoms with Crippen molar-refractivity contribution in [1.82, 2.24) is 0 Å². The molecule has 5 heteroatoms. The number of nitrogens with one attached hydrogen (secondary N) is 1. The smallest absolute Gasteiger partial charge is 0.337 e. The number of benzene rings is 3. The van der Waals surface area contributed by atoms with E-state index < -0.39 is 0 Å². The van der Waals surface area contributed by atoms with Crippen molar-refractivity contribution in [3.05, 3.63) is 71.3 Å². The molecule has 1 atom stereocenters. The molecule has 0 fully saturated rings. The largest absolute Gasteiger partial charge is 0.457 e. The summed E-state index contributed by atoms with van der Waals surface area (Å²) >= 11 is 0. The first-order valence-corrected chi connectivity index (χ1v) is 8.88. The second kappa shape index (κ2) is 5.27. The molecule has 27 heavy (non-hydrogen) atoms. The summed E-state index contributed by atoms with van der Waals surface area (Å²) in [5, 5.41) is 5.81. The van der Waals surface area contributed by atoms with E-state index in [1.807, 2.05) is 30.3 Å². The Kier molecular flexibility index (Phi) is 2.86. The van der Waals surface area contributed by atoms with Crippen LogP contribution in [0.1, 0.15) is 17.2 Å². The fourth-order valence-corrected chi connectivity index (χ4v) is 4.20. The van der Waals surface area contributed by atoms with Gasteiger partial charge in [-0.2, -0.15) is 0 Å². The van der Waals surface area contributed by atoms with Crippen LogP contribution in [0.15, 0.2) is 60.2 Å². The average molecular weight is 357 g/mol. The van der Waals surface area contributed by atoms with Crippen LogP contribution in [0.4, 0.5) is 5.69 Å². The minimum absolute atomic E-state index is 0.224. The van der Waals surface area contributed by atoms with Gasteiger partial charge in [-0.1, -0.05) is 36.4 Å². The van der Waals surface area contributed by atoms with Gasteiger partial charge in [0.05, 0.1) is 11.6 Å². The SMILES string of the molecule is O=C1OCC2=C1[C@@H](c1ccc3c(c1)OCO3)Nc1ccc3ccccc3c12. The number of cyclic esters (lactones) is 1. The molecule has 5 nitrogen and oxygen atoms in total. The van der Waals surface area contributed by atoms with E-state index in [0.717, 1.165) is 38.9 Å². The third-order valence-electron chi connectivity index (χ3n) is 5.44. The van der Waals surface area contributed by atoms with Crippen molar-refractivity contribution in [2.24, 2.45) is 0 Å². The molecule has 132 valence electrons. The first-order valence-electron chi connectivity index (χ1n) is 8.88. The van der Waals surface area contributed by atoms with Crippen molar-refractivity contribution < 1.29 is 19.0 Å². The van der Waals surface area contributed by atoms with Gasteiger partial charge in [0.1, 0.15) is 6.61 Å². The second-order valence-corrected chi connectivity index (χ2v) is 6.87. The topological polar surface area (TPSA) is 56.8 Å². The van der Waals surface area contributed by atoms with E-state index in [-0.39, 0.29) is 18.8 Å². The van der Waals surface area contributed by atoms with Crippen LogP contribution >= 0.6 is 0 Å². The van der Waals surface area contributed by atoms with Gasteiger partial charge in [-0.25, -0.2) is 4.79 Å². The number of anilines is 1. The molecule has 3 aliphatic rings. The Labute approximate surface area is 155 Å². The third kappa shape index (κ3) is 2.02. The van der Waals surface area contributed by atoms with Crippen molar-refractivity contribution in [2.75, 3.05) is 18.7 Å². The van der Waals surface area contributed by atoms with Crippen molar-refractivity contribution in [1.29, 1.82) is 0 Å². The monoisotopic (exact) mass is 357 g/mol. The van der Waals surface area contributed by atoms with Gasteiger partial charge in [-0.05, 0) is 34.5 Å². The maximum Gasteiger partial charge on any atom is 0.337 e. The molecule has 0 bridgehead atoms. The third-order valence-corrected chi connectivity index (χ3v) is 5.44. The molecule has 0 unspecified atom stereocenters. The highest BCUT2D eigenvalue weighted by atomic mass is 16.7. The number of carbonyl (C=O) groups excluding carboxylic acids is 1. The number of ether oxygens (including phenoxy) is 3. The van der Waals surface area contributed by atoms with Crippen LogP contribution < -0.4 is 14.8 Å². The number of hydrogen-bond donors (Lipinski definition) is 1. The van der Waals surface area contributed by atoms with E-state index in [0.29, 0.717) is 17.9 Å². The summed E-state index contributed by atoms with van der Waals surface area (Å²) in [6.07, 6.45) is 0. The van der Waals surface area contributed by atoms with Crippen molar-refractivity contribution in [2.45, 2.75) is 6.04 Å². The van der Waals surface area contributed by atoms with Crippen LogP contribution in [-0.4, -0.2) is 19.4 Å². The zero-order chi connectivity index (χ0) is 18.0. The first kappa shape index (κ1) is 14.7. The van der Waals surface area contributed by atoms with E-state index in [1.54, 1.807) is 0 Å². The van der Waals surface area contributed by atoms with Crippen molar-refractivity contribution >= 4 is 28.0 Å². The summed E-state index contributed by atoms with van der Waals surface area (Å²) in [5.74, 6) is 1.16. The molecular formula is C22H15NO4. The lowest BCUT2D eigenvalue weighted by atomic mass is 9.85. The predicted octanol–water partition coefficient (Wildman–Crippen LogP) is 4.05. The minimum atomic E-state index is -0.279. The molecule has 0 amide bonds. The molecule has 0 saturated heterocycles.